The van der Waals surface area contributed by atoms with Gasteiger partial charge in [0.05, 0.1) is 5.41 Å². The lowest BCUT2D eigenvalue weighted by Crippen LogP contribution is -2.63. The quantitative estimate of drug-likeness (QED) is 0.754. The minimum atomic E-state index is -3.02. The number of pyridine rings is 1. The normalized spacial score (nSPS) is 18.7. The first-order chi connectivity index (χ1) is 14.5. The van der Waals surface area contributed by atoms with Gasteiger partial charge in [-0.2, -0.15) is 8.78 Å². The van der Waals surface area contributed by atoms with Crippen LogP contribution in [0.3, 0.4) is 0 Å². The molecule has 0 unspecified atom stereocenters. The highest BCUT2D eigenvalue weighted by molar-refractivity contribution is 6.01. The van der Waals surface area contributed by atoms with Crippen LogP contribution in [0.1, 0.15) is 35.6 Å². The van der Waals surface area contributed by atoms with Crippen LogP contribution < -0.4 is 15.4 Å². The second-order valence-electron chi connectivity index (χ2n) is 7.80. The number of anilines is 1. The van der Waals surface area contributed by atoms with Crippen molar-refractivity contribution in [3.05, 3.63) is 53.2 Å². The lowest BCUT2D eigenvalue weighted by molar-refractivity contribution is -0.123. The average Bonchev–Trinajstić information content (AvgIpc) is 2.70. The number of aryl methyl sites for hydroxylation is 1. The highest BCUT2D eigenvalue weighted by Gasteiger charge is 2.47. The van der Waals surface area contributed by atoms with Crippen molar-refractivity contribution in [2.45, 2.75) is 37.7 Å². The largest absolute Gasteiger partial charge is 0.415 e. The number of alkyl halides is 2. The Hall–Kier alpha value is -2.58. The number of benzene rings is 1. The Labute approximate surface area is 174 Å². The van der Waals surface area contributed by atoms with E-state index in [0.29, 0.717) is 37.9 Å². The monoisotopic (exact) mass is 417 g/mol. The van der Waals surface area contributed by atoms with Crippen LogP contribution in [0.15, 0.2) is 36.4 Å². The maximum absolute atomic E-state index is 13.4. The Morgan fingerprint density at radius 1 is 1.23 bits per heavy atom. The molecule has 1 aromatic heterocycles. The first-order valence-corrected chi connectivity index (χ1v) is 10.1. The third kappa shape index (κ3) is 4.02. The van der Waals surface area contributed by atoms with E-state index in [1.165, 1.54) is 0 Å². The zero-order chi connectivity index (χ0) is 21.1. The van der Waals surface area contributed by atoms with Crippen molar-refractivity contribution in [2.24, 2.45) is 0 Å². The molecule has 2 aliphatic heterocycles. The number of amides is 1. The second-order valence-corrected chi connectivity index (χ2v) is 7.80. The fourth-order valence-corrected chi connectivity index (χ4v) is 4.19. The van der Waals surface area contributed by atoms with E-state index in [9.17, 15) is 13.6 Å². The molecule has 160 valence electrons. The van der Waals surface area contributed by atoms with Crippen molar-refractivity contribution in [1.29, 1.82) is 0 Å². The zero-order valence-electron chi connectivity index (χ0n) is 16.8. The maximum atomic E-state index is 13.4. The molecule has 4 rings (SSSR count). The number of aromatic nitrogens is 1. The lowest BCUT2D eigenvalue weighted by Gasteiger charge is -2.43. The van der Waals surface area contributed by atoms with Crippen molar-refractivity contribution in [2.75, 3.05) is 31.6 Å². The van der Waals surface area contributed by atoms with Gasteiger partial charge in [-0.15, -0.1) is 0 Å². The molecule has 2 fully saturated rings. The van der Waals surface area contributed by atoms with Crippen LogP contribution in [-0.2, 0) is 14.9 Å². The van der Waals surface area contributed by atoms with Gasteiger partial charge in [-0.25, -0.2) is 4.98 Å². The summed E-state index contributed by atoms with van der Waals surface area (Å²) >= 11 is 0. The fourth-order valence-electron chi connectivity index (χ4n) is 4.19. The first kappa shape index (κ1) is 20.7. The number of carbonyl (C=O) groups excluding carboxylic acids is 1. The van der Waals surface area contributed by atoms with Gasteiger partial charge >= 0.3 is 6.61 Å². The summed E-state index contributed by atoms with van der Waals surface area (Å²) in [5.41, 5.74) is 2.02. The van der Waals surface area contributed by atoms with Gasteiger partial charge in [-0.1, -0.05) is 24.3 Å². The van der Waals surface area contributed by atoms with Gasteiger partial charge < -0.3 is 20.1 Å². The summed E-state index contributed by atoms with van der Waals surface area (Å²) in [6.45, 7) is 1.01. The fraction of sp³-hybridized carbons (Fsp3) is 0.455. The van der Waals surface area contributed by atoms with Gasteiger partial charge in [0.2, 0.25) is 11.8 Å². The minimum absolute atomic E-state index is 0.140. The molecule has 2 aromatic rings. The number of nitrogens with one attached hydrogen (secondary N) is 2. The van der Waals surface area contributed by atoms with Crippen molar-refractivity contribution in [1.82, 2.24) is 10.3 Å². The van der Waals surface area contributed by atoms with E-state index in [1.54, 1.807) is 19.1 Å². The molecule has 1 aromatic carbocycles. The molecule has 6 nitrogen and oxygen atoms in total. The predicted molar refractivity (Wildman–Crippen MR) is 108 cm³/mol. The summed E-state index contributed by atoms with van der Waals surface area (Å²) in [6, 6.07) is 11.2. The Balaban J connectivity index is 1.64. The summed E-state index contributed by atoms with van der Waals surface area (Å²) in [4.78, 5) is 17.4. The average molecular weight is 417 g/mol. The number of rotatable bonds is 6. The molecule has 0 atom stereocenters. The van der Waals surface area contributed by atoms with Crippen LogP contribution in [0.4, 0.5) is 14.5 Å². The van der Waals surface area contributed by atoms with Gasteiger partial charge in [0.15, 0.2) is 0 Å². The topological polar surface area (TPSA) is 72.5 Å². The van der Waals surface area contributed by atoms with E-state index in [4.69, 9.17) is 4.74 Å². The van der Waals surface area contributed by atoms with Crippen LogP contribution in [0, 0.1) is 6.92 Å². The van der Waals surface area contributed by atoms with E-state index in [1.807, 2.05) is 18.2 Å². The molecule has 3 heterocycles. The molecular formula is C22H25F2N3O3. The third-order valence-corrected chi connectivity index (χ3v) is 5.87. The third-order valence-electron chi connectivity index (χ3n) is 5.87. The molecule has 0 aliphatic carbocycles. The van der Waals surface area contributed by atoms with Crippen LogP contribution in [0.25, 0.3) is 0 Å². The number of carbonyl (C=O) groups is 1. The molecule has 2 aliphatic rings. The van der Waals surface area contributed by atoms with Crippen molar-refractivity contribution < 1.29 is 23.0 Å². The van der Waals surface area contributed by atoms with Crippen LogP contribution >= 0.6 is 0 Å². The van der Waals surface area contributed by atoms with E-state index < -0.39 is 12.0 Å². The van der Waals surface area contributed by atoms with Gasteiger partial charge in [0.25, 0.3) is 0 Å². The number of hydrogen-bond donors (Lipinski definition) is 2. The molecule has 2 N–H and O–H groups in total. The number of halogens is 2. The molecular weight excluding hydrogens is 392 g/mol. The molecule has 0 radical (unpaired) electrons. The minimum Gasteiger partial charge on any atom is -0.415 e. The standard InChI is InChI=1S/C22H25F2N3O3/c1-14-6-7-18(19(26-14)30-21(23)24)27-20(28)22(12-25-13-22)17-5-3-2-4-16(17)15-8-10-29-11-9-15/h2-7,15,21,25H,8-13H2,1H3,(H,27,28). The summed E-state index contributed by atoms with van der Waals surface area (Å²) in [5, 5.41) is 5.99. The second kappa shape index (κ2) is 8.65. The van der Waals surface area contributed by atoms with E-state index in [2.05, 4.69) is 26.4 Å². The number of ether oxygens (including phenoxy) is 2. The summed E-state index contributed by atoms with van der Waals surface area (Å²) in [5.74, 6) is -0.206. The van der Waals surface area contributed by atoms with E-state index in [0.717, 1.165) is 24.0 Å². The Bertz CT molecular complexity index is 912. The Kier molecular flexibility index (Phi) is 5.97. The van der Waals surface area contributed by atoms with E-state index >= 15 is 0 Å². The molecule has 8 heteroatoms. The number of hydrogen-bond acceptors (Lipinski definition) is 5. The van der Waals surface area contributed by atoms with Crippen molar-refractivity contribution in [3.8, 4) is 5.88 Å². The van der Waals surface area contributed by atoms with E-state index in [-0.39, 0.29) is 17.5 Å². The lowest BCUT2D eigenvalue weighted by atomic mass is 9.70. The van der Waals surface area contributed by atoms with Crippen molar-refractivity contribution >= 4 is 11.6 Å². The first-order valence-electron chi connectivity index (χ1n) is 10.1. The maximum Gasteiger partial charge on any atom is 0.388 e. The molecule has 0 bridgehead atoms. The summed E-state index contributed by atoms with van der Waals surface area (Å²) in [6.07, 6.45) is 1.83. The zero-order valence-corrected chi connectivity index (χ0v) is 16.8. The number of nitrogens with zero attached hydrogens (tertiary/aromatic N) is 1. The summed E-state index contributed by atoms with van der Waals surface area (Å²) in [7, 11) is 0. The molecule has 0 saturated carbocycles. The summed E-state index contributed by atoms with van der Waals surface area (Å²) < 4.78 is 35.6. The Morgan fingerprint density at radius 2 is 1.97 bits per heavy atom. The van der Waals surface area contributed by atoms with Gasteiger partial charge in [-0.05, 0) is 48.9 Å². The van der Waals surface area contributed by atoms with Gasteiger partial charge in [0, 0.05) is 32.0 Å². The Morgan fingerprint density at radius 3 is 2.63 bits per heavy atom. The molecule has 1 amide bonds. The molecule has 0 spiro atoms. The van der Waals surface area contributed by atoms with Crippen LogP contribution in [-0.4, -0.2) is 43.8 Å². The van der Waals surface area contributed by atoms with Crippen molar-refractivity contribution in [3.63, 3.8) is 0 Å². The van der Waals surface area contributed by atoms with Gasteiger partial charge in [-0.3, -0.25) is 4.79 Å². The molecule has 2 saturated heterocycles. The highest BCUT2D eigenvalue weighted by atomic mass is 19.3. The SMILES string of the molecule is Cc1ccc(NC(=O)C2(c3ccccc3C3CCOCC3)CNC2)c(OC(F)F)n1. The predicted octanol–water partition coefficient (Wildman–Crippen LogP) is 3.37. The smallest absolute Gasteiger partial charge is 0.388 e. The highest BCUT2D eigenvalue weighted by Crippen LogP contribution is 2.39. The van der Waals surface area contributed by atoms with Gasteiger partial charge in [0.1, 0.15) is 5.69 Å². The van der Waals surface area contributed by atoms with Crippen LogP contribution in [0.5, 0.6) is 5.88 Å². The molecule has 30 heavy (non-hydrogen) atoms. The van der Waals surface area contributed by atoms with Crippen LogP contribution in [0.2, 0.25) is 0 Å².